The molecular weight excluding hydrogens is 246 g/mol. The van der Waals surface area contributed by atoms with Crippen LogP contribution in [0.2, 0.25) is 0 Å². The van der Waals surface area contributed by atoms with Gasteiger partial charge in [0.25, 0.3) is 0 Å². The lowest BCUT2D eigenvalue weighted by Gasteiger charge is -2.10. The molecule has 0 unspecified atom stereocenters. The molecule has 0 N–H and O–H groups in total. The van der Waals surface area contributed by atoms with Crippen LogP contribution in [-0.4, -0.2) is 20.9 Å². The lowest BCUT2D eigenvalue weighted by Crippen LogP contribution is -2.04. The molecule has 96 valence electrons. The van der Waals surface area contributed by atoms with Crippen molar-refractivity contribution in [1.82, 2.24) is 15.0 Å². The van der Waals surface area contributed by atoms with Gasteiger partial charge in [-0.25, -0.2) is 4.68 Å². The average molecular weight is 264 g/mol. The maximum atomic E-state index is 5.70. The number of hydrogen-bond acceptors (Lipinski definition) is 2. The van der Waals surface area contributed by atoms with Crippen LogP contribution < -0.4 is 0 Å². The van der Waals surface area contributed by atoms with Crippen molar-refractivity contribution < 1.29 is 0 Å². The van der Waals surface area contributed by atoms with Crippen molar-refractivity contribution in [3.8, 4) is 0 Å². The normalized spacial score (nSPS) is 10.9. The topological polar surface area (TPSA) is 30.7 Å². The molecule has 0 atom stereocenters. The summed E-state index contributed by atoms with van der Waals surface area (Å²) in [6.45, 7) is 7.18. The van der Waals surface area contributed by atoms with Crippen LogP contribution in [0.15, 0.2) is 18.3 Å². The molecule has 2 aromatic rings. The second-order valence-electron chi connectivity index (χ2n) is 4.72. The third-order valence-electron chi connectivity index (χ3n) is 3.10. The maximum absolute atomic E-state index is 5.70. The maximum Gasteiger partial charge on any atom is 0.0839 e. The predicted molar refractivity (Wildman–Crippen MR) is 74.2 cm³/mol. The van der Waals surface area contributed by atoms with Crippen LogP contribution in [0.3, 0.4) is 0 Å². The highest BCUT2D eigenvalue weighted by Crippen LogP contribution is 2.17. The average Bonchev–Trinajstić information content (AvgIpc) is 2.72. The van der Waals surface area contributed by atoms with Gasteiger partial charge in [-0.05, 0) is 37.5 Å². The van der Waals surface area contributed by atoms with Crippen molar-refractivity contribution in [2.24, 2.45) is 0 Å². The number of benzene rings is 1. The summed E-state index contributed by atoms with van der Waals surface area (Å²) in [6.07, 6.45) is 2.74. The van der Waals surface area contributed by atoms with Gasteiger partial charge in [0, 0.05) is 18.5 Å². The predicted octanol–water partition coefficient (Wildman–Crippen LogP) is 3.03. The quantitative estimate of drug-likeness (QED) is 0.794. The zero-order valence-electron chi connectivity index (χ0n) is 11.1. The summed E-state index contributed by atoms with van der Waals surface area (Å²) in [5.74, 6) is 0.585. The number of aryl methyl sites for hydroxylation is 4. The molecule has 1 heterocycles. The Hall–Kier alpha value is -1.35. The second-order valence-corrected chi connectivity index (χ2v) is 5.10. The lowest BCUT2D eigenvalue weighted by atomic mass is 10.00. The molecule has 0 radical (unpaired) electrons. The van der Waals surface area contributed by atoms with Gasteiger partial charge in [0.2, 0.25) is 0 Å². The minimum absolute atomic E-state index is 0.585. The van der Waals surface area contributed by atoms with Crippen molar-refractivity contribution in [3.63, 3.8) is 0 Å². The number of rotatable bonds is 4. The number of hydrogen-bond donors (Lipinski definition) is 0. The van der Waals surface area contributed by atoms with Crippen LogP contribution in [0, 0.1) is 20.8 Å². The Kier molecular flexibility index (Phi) is 4.02. The van der Waals surface area contributed by atoms with E-state index in [4.69, 9.17) is 11.6 Å². The molecule has 0 aliphatic carbocycles. The smallest absolute Gasteiger partial charge is 0.0839 e. The summed E-state index contributed by atoms with van der Waals surface area (Å²) in [5.41, 5.74) is 6.19. The third kappa shape index (κ3) is 2.91. The molecule has 18 heavy (non-hydrogen) atoms. The Bertz CT molecular complexity index is 523. The van der Waals surface area contributed by atoms with Crippen molar-refractivity contribution in [3.05, 3.63) is 46.3 Å². The van der Waals surface area contributed by atoms with Crippen molar-refractivity contribution >= 4 is 11.6 Å². The zero-order chi connectivity index (χ0) is 13.1. The van der Waals surface area contributed by atoms with Gasteiger partial charge in [0.1, 0.15) is 0 Å². The van der Waals surface area contributed by atoms with Crippen molar-refractivity contribution in [2.45, 2.75) is 33.7 Å². The first-order chi connectivity index (χ1) is 8.60. The van der Waals surface area contributed by atoms with Gasteiger partial charge in [-0.1, -0.05) is 22.9 Å². The molecule has 0 aliphatic heterocycles. The van der Waals surface area contributed by atoms with Crippen LogP contribution in [0.5, 0.6) is 0 Å². The number of nitrogens with zero attached hydrogens (tertiary/aromatic N) is 3. The molecule has 0 saturated heterocycles. The minimum atomic E-state index is 0.585. The number of alkyl halides is 1. The summed E-state index contributed by atoms with van der Waals surface area (Å²) in [5, 5.41) is 8.25. The fraction of sp³-hybridized carbons (Fsp3) is 0.429. The van der Waals surface area contributed by atoms with E-state index < -0.39 is 0 Å². The summed E-state index contributed by atoms with van der Waals surface area (Å²) in [7, 11) is 0. The highest BCUT2D eigenvalue weighted by molar-refractivity contribution is 6.17. The van der Waals surface area contributed by atoms with Gasteiger partial charge in [0.05, 0.1) is 12.2 Å². The van der Waals surface area contributed by atoms with E-state index >= 15 is 0 Å². The van der Waals surface area contributed by atoms with E-state index in [1.807, 2.05) is 10.9 Å². The van der Waals surface area contributed by atoms with E-state index in [1.54, 1.807) is 0 Å². The molecule has 0 saturated carbocycles. The summed E-state index contributed by atoms with van der Waals surface area (Å²) in [4.78, 5) is 0. The van der Waals surface area contributed by atoms with Crippen LogP contribution >= 0.6 is 11.6 Å². The SMILES string of the molecule is Cc1cc(C)c(Cn2cc(CCCl)nn2)c(C)c1. The molecule has 0 amide bonds. The van der Waals surface area contributed by atoms with Crippen LogP contribution in [0.1, 0.15) is 27.9 Å². The Morgan fingerprint density at radius 1 is 1.17 bits per heavy atom. The van der Waals surface area contributed by atoms with Gasteiger partial charge in [0.15, 0.2) is 0 Å². The van der Waals surface area contributed by atoms with E-state index in [0.29, 0.717) is 5.88 Å². The second kappa shape index (κ2) is 5.53. The molecule has 0 fully saturated rings. The third-order valence-corrected chi connectivity index (χ3v) is 3.29. The van der Waals surface area contributed by atoms with Crippen LogP contribution in [-0.2, 0) is 13.0 Å². The molecule has 3 nitrogen and oxygen atoms in total. The molecule has 1 aromatic carbocycles. The Morgan fingerprint density at radius 2 is 1.83 bits per heavy atom. The number of halogens is 1. The fourth-order valence-electron chi connectivity index (χ4n) is 2.25. The molecular formula is C14H18ClN3. The van der Waals surface area contributed by atoms with Gasteiger partial charge < -0.3 is 0 Å². The molecule has 4 heteroatoms. The summed E-state index contributed by atoms with van der Waals surface area (Å²) < 4.78 is 1.88. The fourth-order valence-corrected chi connectivity index (χ4v) is 2.44. The van der Waals surface area contributed by atoms with Crippen LogP contribution in [0.4, 0.5) is 0 Å². The van der Waals surface area contributed by atoms with Crippen molar-refractivity contribution in [2.75, 3.05) is 5.88 Å². The molecule has 0 spiro atoms. The molecule has 1 aromatic heterocycles. The summed E-state index contributed by atoms with van der Waals surface area (Å²) >= 11 is 5.70. The molecule has 0 aliphatic rings. The zero-order valence-corrected chi connectivity index (χ0v) is 11.8. The first kappa shape index (κ1) is 13.1. The Labute approximate surface area is 113 Å². The Balaban J connectivity index is 2.22. The van der Waals surface area contributed by atoms with E-state index in [1.165, 1.54) is 22.3 Å². The molecule has 0 bridgehead atoms. The highest BCUT2D eigenvalue weighted by atomic mass is 35.5. The summed E-state index contributed by atoms with van der Waals surface area (Å²) in [6, 6.07) is 4.41. The van der Waals surface area contributed by atoms with E-state index in [2.05, 4.69) is 43.2 Å². The Morgan fingerprint density at radius 3 is 2.44 bits per heavy atom. The van der Waals surface area contributed by atoms with E-state index in [0.717, 1.165) is 18.7 Å². The van der Waals surface area contributed by atoms with Crippen molar-refractivity contribution in [1.29, 1.82) is 0 Å². The minimum Gasteiger partial charge on any atom is -0.248 e. The largest absolute Gasteiger partial charge is 0.248 e. The molecule has 2 rings (SSSR count). The van der Waals surface area contributed by atoms with Gasteiger partial charge >= 0.3 is 0 Å². The highest BCUT2D eigenvalue weighted by Gasteiger charge is 2.06. The number of aromatic nitrogens is 3. The first-order valence-corrected chi connectivity index (χ1v) is 6.65. The first-order valence-electron chi connectivity index (χ1n) is 6.12. The standard InChI is InChI=1S/C14H18ClN3/c1-10-6-11(2)14(12(3)7-10)9-18-8-13(4-5-15)16-17-18/h6-8H,4-5,9H2,1-3H3. The van der Waals surface area contributed by atoms with E-state index in [-0.39, 0.29) is 0 Å². The van der Waals surface area contributed by atoms with Crippen LogP contribution in [0.25, 0.3) is 0 Å². The monoisotopic (exact) mass is 263 g/mol. The van der Waals surface area contributed by atoms with E-state index in [9.17, 15) is 0 Å². The van der Waals surface area contributed by atoms with Gasteiger partial charge in [-0.3, -0.25) is 0 Å². The lowest BCUT2D eigenvalue weighted by molar-refractivity contribution is 0.644. The van der Waals surface area contributed by atoms with Gasteiger partial charge in [-0.2, -0.15) is 0 Å². The van der Waals surface area contributed by atoms with Gasteiger partial charge in [-0.15, -0.1) is 16.7 Å².